The van der Waals surface area contributed by atoms with E-state index >= 15 is 0 Å². The Morgan fingerprint density at radius 1 is 1.38 bits per heavy atom. The van der Waals surface area contributed by atoms with Crippen LogP contribution in [0.1, 0.15) is 24.3 Å². The highest BCUT2D eigenvalue weighted by molar-refractivity contribution is 5.21. The summed E-state index contributed by atoms with van der Waals surface area (Å²) >= 11 is 0. The quantitative estimate of drug-likeness (QED) is 0.480. The average Bonchev–Trinajstić information content (AvgIpc) is 2.19. The number of hydrogen-bond acceptors (Lipinski definition) is 0. The summed E-state index contributed by atoms with van der Waals surface area (Å²) in [6.45, 7) is 3.74. The maximum atomic E-state index is 5.31. The molecule has 1 unspecified atom stereocenters. The van der Waals surface area contributed by atoms with E-state index in [0.29, 0.717) is 5.92 Å². The van der Waals surface area contributed by atoms with Gasteiger partial charge in [0.25, 0.3) is 0 Å². The van der Waals surface area contributed by atoms with Crippen LogP contribution in [-0.2, 0) is 0 Å². The molecule has 0 N–H and O–H groups in total. The summed E-state index contributed by atoms with van der Waals surface area (Å²) in [6.07, 6.45) is 8.98. The normalized spacial score (nSPS) is 11.6. The average molecular weight is 170 g/mol. The van der Waals surface area contributed by atoms with Crippen LogP contribution in [0.25, 0.3) is 0 Å². The largest absolute Gasteiger partial charge is 0.120 e. The van der Waals surface area contributed by atoms with Crippen molar-refractivity contribution in [2.75, 3.05) is 0 Å². The molecule has 0 nitrogen and oxygen atoms in total. The summed E-state index contributed by atoms with van der Waals surface area (Å²) in [6, 6.07) is 10.3. The van der Waals surface area contributed by atoms with Crippen molar-refractivity contribution in [2.45, 2.75) is 18.8 Å². The van der Waals surface area contributed by atoms with E-state index < -0.39 is 0 Å². The van der Waals surface area contributed by atoms with Gasteiger partial charge in [-0.05, 0) is 17.9 Å². The molecule has 1 aromatic carbocycles. The lowest BCUT2D eigenvalue weighted by molar-refractivity contribution is 0.725. The van der Waals surface area contributed by atoms with Gasteiger partial charge in [0.05, 0.1) is 0 Å². The molecule has 0 aliphatic rings. The van der Waals surface area contributed by atoms with Crippen LogP contribution >= 0.6 is 0 Å². The van der Waals surface area contributed by atoms with Crippen LogP contribution in [0.5, 0.6) is 0 Å². The molecule has 0 aromatic heterocycles. The number of hydrogen-bond donors (Lipinski definition) is 0. The minimum absolute atomic E-state index is 0.434. The summed E-state index contributed by atoms with van der Waals surface area (Å²) in [5, 5.41) is 0. The molecule has 0 amide bonds. The summed E-state index contributed by atoms with van der Waals surface area (Å²) in [4.78, 5) is 0. The number of benzene rings is 1. The molecule has 0 heteroatoms. The van der Waals surface area contributed by atoms with Crippen LogP contribution in [0.2, 0.25) is 0 Å². The van der Waals surface area contributed by atoms with Crippen LogP contribution in [0.15, 0.2) is 43.0 Å². The summed E-state index contributed by atoms with van der Waals surface area (Å²) in [5.41, 5.74) is 1.31. The van der Waals surface area contributed by atoms with Gasteiger partial charge in [0, 0.05) is 6.42 Å². The molecule has 1 aromatic rings. The molecule has 1 rings (SSSR count). The zero-order valence-corrected chi connectivity index (χ0v) is 7.74. The Hall–Kier alpha value is -1.48. The molecule has 0 heterocycles. The highest BCUT2D eigenvalue weighted by Crippen LogP contribution is 2.22. The number of rotatable bonds is 4. The lowest BCUT2D eigenvalue weighted by Crippen LogP contribution is -1.95. The van der Waals surface area contributed by atoms with Crippen molar-refractivity contribution in [3.63, 3.8) is 0 Å². The van der Waals surface area contributed by atoms with Gasteiger partial charge in [-0.2, -0.15) is 0 Å². The van der Waals surface area contributed by atoms with E-state index in [-0.39, 0.29) is 0 Å². The molecule has 0 bridgehead atoms. The minimum atomic E-state index is 0.434. The molecule has 0 aliphatic carbocycles. The highest BCUT2D eigenvalue weighted by Gasteiger charge is 2.06. The first-order valence-corrected chi connectivity index (χ1v) is 4.47. The highest BCUT2D eigenvalue weighted by atomic mass is 14.1. The monoisotopic (exact) mass is 170 g/mol. The third-order valence-corrected chi connectivity index (χ3v) is 2.09. The van der Waals surface area contributed by atoms with Gasteiger partial charge in [0.2, 0.25) is 0 Å². The second kappa shape index (κ2) is 5.22. The van der Waals surface area contributed by atoms with Gasteiger partial charge in [-0.25, -0.2) is 0 Å². The first kappa shape index (κ1) is 9.61. The SMILES string of the molecule is C#CCC(CC=C)c1ccccc1. The van der Waals surface area contributed by atoms with E-state index in [1.54, 1.807) is 0 Å². The molecule has 13 heavy (non-hydrogen) atoms. The Balaban J connectivity index is 2.76. The van der Waals surface area contributed by atoms with Crippen molar-refractivity contribution in [3.05, 3.63) is 48.6 Å². The maximum Gasteiger partial charge on any atom is 0.0158 e. The van der Waals surface area contributed by atoms with Crippen molar-refractivity contribution in [3.8, 4) is 12.3 Å². The van der Waals surface area contributed by atoms with Crippen molar-refractivity contribution >= 4 is 0 Å². The Labute approximate surface area is 80.3 Å². The maximum absolute atomic E-state index is 5.31. The van der Waals surface area contributed by atoms with Crippen LogP contribution < -0.4 is 0 Å². The standard InChI is InChI=1S/C13H14/c1-3-8-12(9-4-2)13-10-6-5-7-11-13/h1,4-7,10-12H,2,8-9H2. The minimum Gasteiger partial charge on any atom is -0.120 e. The molecule has 0 radical (unpaired) electrons. The van der Waals surface area contributed by atoms with Gasteiger partial charge in [-0.1, -0.05) is 36.4 Å². The van der Waals surface area contributed by atoms with Gasteiger partial charge in [0.1, 0.15) is 0 Å². The van der Waals surface area contributed by atoms with Gasteiger partial charge < -0.3 is 0 Å². The van der Waals surface area contributed by atoms with Crippen molar-refractivity contribution < 1.29 is 0 Å². The molecule has 0 fully saturated rings. The van der Waals surface area contributed by atoms with E-state index in [0.717, 1.165) is 12.8 Å². The lowest BCUT2D eigenvalue weighted by atomic mass is 9.93. The zero-order chi connectivity index (χ0) is 9.52. The Kier molecular flexibility index (Phi) is 3.85. The van der Waals surface area contributed by atoms with Crippen molar-refractivity contribution in [1.82, 2.24) is 0 Å². The molecule has 0 saturated heterocycles. The lowest BCUT2D eigenvalue weighted by Gasteiger charge is -2.11. The van der Waals surface area contributed by atoms with Gasteiger partial charge in [-0.3, -0.25) is 0 Å². The molecule has 0 saturated carbocycles. The van der Waals surface area contributed by atoms with Crippen LogP contribution in [-0.4, -0.2) is 0 Å². The van der Waals surface area contributed by atoms with E-state index in [9.17, 15) is 0 Å². The molecular weight excluding hydrogens is 156 g/mol. The van der Waals surface area contributed by atoms with Crippen molar-refractivity contribution in [2.24, 2.45) is 0 Å². The fourth-order valence-electron chi connectivity index (χ4n) is 1.41. The summed E-state index contributed by atoms with van der Waals surface area (Å²) in [5.74, 6) is 3.14. The zero-order valence-electron chi connectivity index (χ0n) is 7.74. The summed E-state index contributed by atoms with van der Waals surface area (Å²) < 4.78 is 0. The number of allylic oxidation sites excluding steroid dienone is 1. The van der Waals surface area contributed by atoms with E-state index in [1.807, 2.05) is 24.3 Å². The molecule has 0 spiro atoms. The predicted molar refractivity (Wildman–Crippen MR) is 57.4 cm³/mol. The second-order valence-electron chi connectivity index (χ2n) is 3.04. The van der Waals surface area contributed by atoms with Crippen LogP contribution in [0.4, 0.5) is 0 Å². The topological polar surface area (TPSA) is 0 Å². The fourth-order valence-corrected chi connectivity index (χ4v) is 1.41. The van der Waals surface area contributed by atoms with E-state index in [1.165, 1.54) is 5.56 Å². The Bertz CT molecular complexity index is 290. The first-order chi connectivity index (χ1) is 6.38. The smallest absolute Gasteiger partial charge is 0.0158 e. The van der Waals surface area contributed by atoms with Gasteiger partial charge in [-0.15, -0.1) is 18.9 Å². The fraction of sp³-hybridized carbons (Fsp3) is 0.231. The number of terminal acetylenes is 1. The third kappa shape index (κ3) is 2.80. The van der Waals surface area contributed by atoms with E-state index in [2.05, 4.69) is 24.6 Å². The molecule has 0 aliphatic heterocycles. The Morgan fingerprint density at radius 3 is 2.62 bits per heavy atom. The predicted octanol–water partition coefficient (Wildman–Crippen LogP) is 3.37. The second-order valence-corrected chi connectivity index (χ2v) is 3.04. The Morgan fingerprint density at radius 2 is 2.08 bits per heavy atom. The summed E-state index contributed by atoms with van der Waals surface area (Å²) in [7, 11) is 0. The van der Waals surface area contributed by atoms with Crippen LogP contribution in [0, 0.1) is 12.3 Å². The third-order valence-electron chi connectivity index (χ3n) is 2.09. The molecular formula is C13H14. The molecule has 1 atom stereocenters. The van der Waals surface area contributed by atoms with Crippen molar-refractivity contribution in [1.29, 1.82) is 0 Å². The van der Waals surface area contributed by atoms with Gasteiger partial charge >= 0.3 is 0 Å². The van der Waals surface area contributed by atoms with E-state index in [4.69, 9.17) is 6.42 Å². The van der Waals surface area contributed by atoms with Crippen LogP contribution in [0.3, 0.4) is 0 Å². The van der Waals surface area contributed by atoms with Gasteiger partial charge in [0.15, 0.2) is 0 Å². The molecule has 66 valence electrons. The first-order valence-electron chi connectivity index (χ1n) is 4.47.